The van der Waals surface area contributed by atoms with Crippen molar-refractivity contribution in [2.75, 3.05) is 7.11 Å². The zero-order valence-corrected chi connectivity index (χ0v) is 19.7. The van der Waals surface area contributed by atoms with Crippen molar-refractivity contribution in [3.05, 3.63) is 64.5 Å². The lowest BCUT2D eigenvalue weighted by Gasteiger charge is -2.27. The van der Waals surface area contributed by atoms with E-state index in [2.05, 4.69) is 30.9 Å². The van der Waals surface area contributed by atoms with Crippen LogP contribution >= 0.6 is 15.9 Å². The SMILES string of the molecule is COC(=O)c1ccc(-c2nnc(C(F)(C3CCC(=O)C3)S(=O)(=O)c3cccc(Br)c3)o2)cc1. The Balaban J connectivity index is 1.79. The fourth-order valence-electron chi connectivity index (χ4n) is 3.79. The molecule has 33 heavy (non-hydrogen) atoms. The zero-order valence-electron chi connectivity index (χ0n) is 17.3. The van der Waals surface area contributed by atoms with Crippen molar-refractivity contribution in [2.24, 2.45) is 5.92 Å². The molecule has 1 aliphatic rings. The molecule has 0 spiro atoms. The number of rotatable bonds is 6. The smallest absolute Gasteiger partial charge is 0.337 e. The lowest BCUT2D eigenvalue weighted by atomic mass is 10.0. The minimum absolute atomic E-state index is 0.0358. The summed E-state index contributed by atoms with van der Waals surface area (Å²) in [5.74, 6) is -2.82. The number of methoxy groups -OCH3 is 1. The Morgan fingerprint density at radius 2 is 1.94 bits per heavy atom. The number of carbonyl (C=O) groups excluding carboxylic acids is 2. The van der Waals surface area contributed by atoms with Gasteiger partial charge in [-0.05, 0) is 48.9 Å². The normalized spacial score (nSPS) is 18.2. The second-order valence-corrected chi connectivity index (χ2v) is 10.6. The minimum Gasteiger partial charge on any atom is -0.465 e. The summed E-state index contributed by atoms with van der Waals surface area (Å²) >= 11 is 3.20. The molecule has 0 bridgehead atoms. The summed E-state index contributed by atoms with van der Waals surface area (Å²) in [5, 5.41) is 4.47. The third-order valence-corrected chi connectivity index (χ3v) is 8.20. The van der Waals surface area contributed by atoms with Gasteiger partial charge in [0.1, 0.15) is 5.78 Å². The minimum atomic E-state index is -4.68. The van der Waals surface area contributed by atoms with Gasteiger partial charge in [0.15, 0.2) is 0 Å². The van der Waals surface area contributed by atoms with Gasteiger partial charge in [0.25, 0.3) is 10.9 Å². The Bertz CT molecular complexity index is 1320. The van der Waals surface area contributed by atoms with Gasteiger partial charge in [-0.15, -0.1) is 10.2 Å². The quantitative estimate of drug-likeness (QED) is 0.429. The van der Waals surface area contributed by atoms with Crippen molar-refractivity contribution in [1.29, 1.82) is 0 Å². The first-order chi connectivity index (χ1) is 15.7. The fraction of sp³-hybridized carbons (Fsp3) is 0.273. The van der Waals surface area contributed by atoms with Gasteiger partial charge in [-0.2, -0.15) is 0 Å². The van der Waals surface area contributed by atoms with E-state index in [4.69, 9.17) is 4.42 Å². The number of hydrogen-bond donors (Lipinski definition) is 0. The molecule has 2 aromatic carbocycles. The summed E-state index contributed by atoms with van der Waals surface area (Å²) in [6, 6.07) is 11.5. The van der Waals surface area contributed by atoms with Gasteiger partial charge < -0.3 is 9.15 Å². The predicted molar refractivity (Wildman–Crippen MR) is 118 cm³/mol. The molecule has 2 atom stereocenters. The van der Waals surface area contributed by atoms with E-state index < -0.39 is 32.6 Å². The average molecular weight is 537 g/mol. The number of ether oxygens (including phenoxy) is 1. The number of aromatic nitrogens is 2. The number of nitrogens with zero attached hydrogens (tertiary/aromatic N) is 2. The van der Waals surface area contributed by atoms with Crippen LogP contribution in [0, 0.1) is 5.92 Å². The van der Waals surface area contributed by atoms with E-state index in [9.17, 15) is 18.0 Å². The van der Waals surface area contributed by atoms with Gasteiger partial charge in [0.2, 0.25) is 15.7 Å². The third kappa shape index (κ3) is 4.10. The summed E-state index contributed by atoms with van der Waals surface area (Å²) < 4.78 is 54.4. The maximum absolute atomic E-state index is 16.7. The molecular weight excluding hydrogens is 519 g/mol. The predicted octanol–water partition coefficient (Wildman–Crippen LogP) is 4.25. The van der Waals surface area contributed by atoms with E-state index in [1.54, 1.807) is 6.07 Å². The maximum atomic E-state index is 16.7. The number of Topliss-reactive ketones (excluding diaryl/α,β-unsaturated/α-hetero) is 1. The first-order valence-electron chi connectivity index (χ1n) is 9.90. The number of halogens is 2. The van der Waals surface area contributed by atoms with Crippen LogP contribution in [0.4, 0.5) is 4.39 Å². The summed E-state index contributed by atoms with van der Waals surface area (Å²) in [4.78, 5) is 23.3. The molecule has 11 heteroatoms. The summed E-state index contributed by atoms with van der Waals surface area (Å²) in [6.45, 7) is 0. The Morgan fingerprint density at radius 1 is 1.21 bits per heavy atom. The molecule has 0 aliphatic heterocycles. The van der Waals surface area contributed by atoms with Crippen molar-refractivity contribution in [3.63, 3.8) is 0 Å². The van der Waals surface area contributed by atoms with Crippen molar-refractivity contribution in [3.8, 4) is 11.5 Å². The average Bonchev–Trinajstić information content (AvgIpc) is 3.48. The number of benzene rings is 2. The first-order valence-corrected chi connectivity index (χ1v) is 12.2. The number of esters is 1. The number of sulfone groups is 1. The van der Waals surface area contributed by atoms with Crippen LogP contribution < -0.4 is 0 Å². The molecule has 1 fully saturated rings. The number of carbonyl (C=O) groups is 2. The highest BCUT2D eigenvalue weighted by Gasteiger charge is 2.59. The van der Waals surface area contributed by atoms with Crippen molar-refractivity contribution >= 4 is 37.5 Å². The van der Waals surface area contributed by atoms with Crippen LogP contribution in [0.25, 0.3) is 11.5 Å². The largest absolute Gasteiger partial charge is 0.465 e. The van der Waals surface area contributed by atoms with E-state index >= 15 is 4.39 Å². The van der Waals surface area contributed by atoms with E-state index in [1.807, 2.05) is 0 Å². The highest BCUT2D eigenvalue weighted by atomic mass is 79.9. The Morgan fingerprint density at radius 3 is 2.55 bits per heavy atom. The molecule has 0 saturated heterocycles. The van der Waals surface area contributed by atoms with Crippen LogP contribution in [0.3, 0.4) is 0 Å². The van der Waals surface area contributed by atoms with Gasteiger partial charge in [-0.3, -0.25) is 4.79 Å². The molecule has 3 aromatic rings. The van der Waals surface area contributed by atoms with Crippen LogP contribution in [0.1, 0.15) is 35.5 Å². The summed E-state index contributed by atoms with van der Waals surface area (Å²) in [5.41, 5.74) is 0.633. The van der Waals surface area contributed by atoms with Crippen LogP contribution in [0.2, 0.25) is 0 Å². The van der Waals surface area contributed by atoms with Crippen molar-refractivity contribution in [1.82, 2.24) is 10.2 Å². The Kier molecular flexibility index (Phi) is 6.19. The van der Waals surface area contributed by atoms with Crippen LogP contribution in [0.5, 0.6) is 0 Å². The van der Waals surface area contributed by atoms with E-state index in [0.717, 1.165) is 0 Å². The highest BCUT2D eigenvalue weighted by molar-refractivity contribution is 9.10. The first kappa shape index (κ1) is 23.2. The van der Waals surface area contributed by atoms with Crippen LogP contribution in [-0.2, 0) is 24.4 Å². The molecule has 1 aromatic heterocycles. The molecule has 8 nitrogen and oxygen atoms in total. The van der Waals surface area contributed by atoms with E-state index in [1.165, 1.54) is 49.6 Å². The molecule has 1 saturated carbocycles. The summed E-state index contributed by atoms with van der Waals surface area (Å²) in [7, 11) is -3.43. The molecule has 2 unspecified atom stereocenters. The van der Waals surface area contributed by atoms with E-state index in [-0.39, 0.29) is 41.4 Å². The third-order valence-electron chi connectivity index (χ3n) is 5.54. The Hall–Kier alpha value is -2.92. The van der Waals surface area contributed by atoms with Gasteiger partial charge in [0, 0.05) is 28.8 Å². The lowest BCUT2D eigenvalue weighted by molar-refractivity contribution is -0.117. The van der Waals surface area contributed by atoms with Gasteiger partial charge in [0.05, 0.1) is 17.6 Å². The number of ketones is 1. The summed E-state index contributed by atoms with van der Waals surface area (Å²) in [6.07, 6.45) is -0.149. The standard InChI is InChI=1S/C22H18BrFN2O6S/c1-31-20(28)14-7-5-13(6-8-14)19-25-26-21(32-19)22(24,15-9-10-17(27)11-15)33(29,30)18-4-2-3-16(23)12-18/h2-8,12,15H,9-11H2,1H3. The van der Waals surface area contributed by atoms with Crippen LogP contribution in [-0.4, -0.2) is 37.5 Å². The zero-order chi connectivity index (χ0) is 23.8. The van der Waals surface area contributed by atoms with E-state index in [0.29, 0.717) is 10.0 Å². The van der Waals surface area contributed by atoms with Crippen molar-refractivity contribution < 1.29 is 31.6 Å². The molecule has 1 heterocycles. The molecular formula is C22H18BrFN2O6S. The van der Waals surface area contributed by atoms with Crippen molar-refractivity contribution in [2.45, 2.75) is 29.2 Å². The second kappa shape index (κ2) is 8.79. The monoisotopic (exact) mass is 536 g/mol. The van der Waals surface area contributed by atoms with Gasteiger partial charge >= 0.3 is 5.97 Å². The number of alkyl halides is 1. The van der Waals surface area contributed by atoms with Crippen LogP contribution in [0.15, 0.2) is 62.3 Å². The topological polar surface area (TPSA) is 116 Å². The second-order valence-electron chi connectivity index (χ2n) is 7.57. The highest BCUT2D eigenvalue weighted by Crippen LogP contribution is 2.49. The number of hydrogen-bond acceptors (Lipinski definition) is 8. The molecule has 0 N–H and O–H groups in total. The molecule has 172 valence electrons. The maximum Gasteiger partial charge on any atom is 0.337 e. The van der Waals surface area contributed by atoms with Gasteiger partial charge in [-0.25, -0.2) is 17.6 Å². The van der Waals surface area contributed by atoms with Gasteiger partial charge in [-0.1, -0.05) is 22.0 Å². The Labute approximate surface area is 197 Å². The molecule has 0 amide bonds. The molecule has 4 rings (SSSR count). The molecule has 0 radical (unpaired) electrons. The fourth-order valence-corrected chi connectivity index (χ4v) is 6.18. The lowest BCUT2D eigenvalue weighted by Crippen LogP contribution is -2.38. The molecule has 1 aliphatic carbocycles.